The molecule has 280 valence electrons. The molecule has 2 aromatic heterocycles. The number of anilines is 3. The van der Waals surface area contributed by atoms with Gasteiger partial charge in [0.05, 0.1) is 5.56 Å². The van der Waals surface area contributed by atoms with Crippen molar-refractivity contribution in [2.45, 2.75) is 94.6 Å². The Hall–Kier alpha value is -4.26. The van der Waals surface area contributed by atoms with E-state index < -0.39 is 29.0 Å². The second-order valence-electron chi connectivity index (χ2n) is 16.8. The maximum absolute atomic E-state index is 15.5. The zero-order valence-corrected chi connectivity index (χ0v) is 30.3. The van der Waals surface area contributed by atoms with E-state index in [0.717, 1.165) is 109 Å². The van der Waals surface area contributed by atoms with Crippen LogP contribution in [0.2, 0.25) is 0 Å². The summed E-state index contributed by atoms with van der Waals surface area (Å²) in [4.78, 5) is 51.4. The summed E-state index contributed by atoms with van der Waals surface area (Å²) in [5.74, 6) is -3.96. The topological polar surface area (TPSA) is 128 Å². The molecule has 53 heavy (non-hydrogen) atoms. The third-order valence-electron chi connectivity index (χ3n) is 13.6. The SMILES string of the molecule is CC(F)(F)c1nc(N2CC3(CCCCC3)c3cc(CN4CCN(c5ncccn5)CC4)ccc32)ncc1C(=O)NC1(C(=O)O)C2CC3CC(C2)CC1C3. The van der Waals surface area contributed by atoms with Crippen LogP contribution < -0.4 is 15.1 Å². The molecule has 6 fully saturated rings. The van der Waals surface area contributed by atoms with Crippen molar-refractivity contribution in [2.24, 2.45) is 23.7 Å². The quantitative estimate of drug-likeness (QED) is 0.283. The van der Waals surface area contributed by atoms with E-state index in [1.165, 1.54) is 23.7 Å². The minimum absolute atomic E-state index is 0.136. The van der Waals surface area contributed by atoms with Crippen molar-refractivity contribution >= 4 is 29.5 Å². The number of carboxylic acids is 1. The maximum Gasteiger partial charge on any atom is 0.330 e. The number of halogens is 2. The van der Waals surface area contributed by atoms with Crippen molar-refractivity contribution in [1.82, 2.24) is 30.2 Å². The van der Waals surface area contributed by atoms with E-state index in [4.69, 9.17) is 0 Å². The molecule has 1 aromatic carbocycles. The van der Waals surface area contributed by atoms with Gasteiger partial charge in [0, 0.05) is 75.9 Å². The van der Waals surface area contributed by atoms with Gasteiger partial charge in [-0.25, -0.2) is 24.7 Å². The highest BCUT2D eigenvalue weighted by atomic mass is 19.3. The van der Waals surface area contributed by atoms with Crippen LogP contribution >= 0.6 is 0 Å². The van der Waals surface area contributed by atoms with Crippen molar-refractivity contribution in [2.75, 3.05) is 42.5 Å². The third kappa shape index (κ3) is 5.93. The summed E-state index contributed by atoms with van der Waals surface area (Å²) in [7, 11) is 0. The molecule has 1 spiro atoms. The van der Waals surface area contributed by atoms with E-state index in [-0.39, 0.29) is 28.8 Å². The van der Waals surface area contributed by atoms with Crippen molar-refractivity contribution in [1.29, 1.82) is 0 Å². The van der Waals surface area contributed by atoms with E-state index in [0.29, 0.717) is 18.4 Å². The zero-order chi connectivity index (χ0) is 36.5. The predicted octanol–water partition coefficient (Wildman–Crippen LogP) is 6.06. The van der Waals surface area contributed by atoms with Gasteiger partial charge in [0.25, 0.3) is 11.8 Å². The highest BCUT2D eigenvalue weighted by Gasteiger charge is 2.62. The lowest BCUT2D eigenvalue weighted by Crippen LogP contribution is -2.70. The first-order chi connectivity index (χ1) is 25.5. The summed E-state index contributed by atoms with van der Waals surface area (Å²) < 4.78 is 31.0. The van der Waals surface area contributed by atoms with Gasteiger partial charge >= 0.3 is 5.97 Å². The molecule has 7 aliphatic rings. The Balaban J connectivity index is 0.989. The molecule has 0 unspecified atom stereocenters. The largest absolute Gasteiger partial charge is 0.479 e. The van der Waals surface area contributed by atoms with Crippen LogP contribution in [-0.2, 0) is 22.7 Å². The van der Waals surface area contributed by atoms with E-state index >= 15 is 8.78 Å². The van der Waals surface area contributed by atoms with Crippen LogP contribution in [0.5, 0.6) is 0 Å². The van der Waals surface area contributed by atoms with E-state index in [1.54, 1.807) is 12.4 Å². The first-order valence-electron chi connectivity index (χ1n) is 19.5. The van der Waals surface area contributed by atoms with Crippen LogP contribution in [0.1, 0.15) is 98.3 Å². The number of nitrogens with one attached hydrogen (secondary N) is 1. The van der Waals surface area contributed by atoms with E-state index in [1.807, 2.05) is 11.0 Å². The molecule has 0 atom stereocenters. The molecule has 10 rings (SSSR count). The standard InChI is InChI=1S/C40H48F2N8O3/c1-38(41,42)33-30(34(51)47-40(35(52)53)28-17-26-16-27(19-28)20-29(40)18-26)22-45-37(46-33)50-24-39(8-3-2-4-9-39)31-21-25(6-7-32(31)50)23-48-12-14-49(15-13-48)36-43-10-5-11-44-36/h5-7,10-11,21-22,26-29H,2-4,8-9,12-20,23-24H2,1H3,(H,47,51)(H,52,53). The van der Waals surface area contributed by atoms with Crippen molar-refractivity contribution < 1.29 is 23.5 Å². The number of hydrogen-bond acceptors (Lipinski definition) is 9. The van der Waals surface area contributed by atoms with Gasteiger partial charge in [0.2, 0.25) is 11.9 Å². The highest BCUT2D eigenvalue weighted by Crippen LogP contribution is 2.58. The zero-order valence-electron chi connectivity index (χ0n) is 30.3. The molecule has 3 aromatic rings. The van der Waals surface area contributed by atoms with Gasteiger partial charge in [0.1, 0.15) is 11.2 Å². The normalized spacial score (nSPS) is 29.0. The van der Waals surface area contributed by atoms with Gasteiger partial charge in [-0.2, -0.15) is 8.78 Å². The van der Waals surface area contributed by atoms with Gasteiger partial charge in [-0.15, -0.1) is 0 Å². The van der Waals surface area contributed by atoms with Crippen LogP contribution in [-0.4, -0.2) is 80.1 Å². The number of carbonyl (C=O) groups is 2. The van der Waals surface area contributed by atoms with E-state index in [9.17, 15) is 14.7 Å². The lowest BCUT2D eigenvalue weighted by atomic mass is 9.48. The number of piperazine rings is 1. The molecule has 0 radical (unpaired) electrons. The Morgan fingerprint density at radius 3 is 2.25 bits per heavy atom. The van der Waals surface area contributed by atoms with Gasteiger partial charge in [-0.05, 0) is 91.9 Å². The van der Waals surface area contributed by atoms with Crippen LogP contribution in [0.15, 0.2) is 42.9 Å². The number of fused-ring (bicyclic) bond motifs is 2. The molecule has 11 nitrogen and oxygen atoms in total. The molecule has 4 heterocycles. The molecule has 2 aliphatic heterocycles. The highest BCUT2D eigenvalue weighted by molar-refractivity contribution is 5.99. The maximum atomic E-state index is 15.5. The fourth-order valence-corrected chi connectivity index (χ4v) is 11.3. The van der Waals surface area contributed by atoms with Gasteiger partial charge in [0.15, 0.2) is 0 Å². The van der Waals surface area contributed by atoms with Crippen molar-refractivity contribution in [3.05, 3.63) is 65.2 Å². The second-order valence-corrected chi connectivity index (χ2v) is 16.8. The number of aromatic nitrogens is 4. The van der Waals surface area contributed by atoms with Crippen LogP contribution in [0.25, 0.3) is 0 Å². The van der Waals surface area contributed by atoms with Gasteiger partial charge < -0.3 is 20.2 Å². The van der Waals surface area contributed by atoms with Gasteiger partial charge in [-0.1, -0.05) is 31.4 Å². The van der Waals surface area contributed by atoms with Crippen LogP contribution in [0.3, 0.4) is 0 Å². The number of hydrogen-bond donors (Lipinski definition) is 2. The summed E-state index contributed by atoms with van der Waals surface area (Å²) in [6.07, 6.45) is 14.1. The van der Waals surface area contributed by atoms with Gasteiger partial charge in [-0.3, -0.25) is 9.69 Å². The summed E-state index contributed by atoms with van der Waals surface area (Å²) in [6.45, 7) is 5.61. The Labute approximate surface area is 308 Å². The second kappa shape index (κ2) is 13.0. The number of carbonyl (C=O) groups excluding carboxylic acids is 1. The first-order valence-corrected chi connectivity index (χ1v) is 19.5. The average Bonchev–Trinajstić information content (AvgIpc) is 3.45. The number of benzene rings is 1. The Morgan fingerprint density at radius 2 is 1.60 bits per heavy atom. The average molecular weight is 727 g/mol. The fraction of sp³-hybridized carbons (Fsp3) is 0.600. The van der Waals surface area contributed by atoms with Crippen LogP contribution in [0, 0.1) is 23.7 Å². The van der Waals surface area contributed by atoms with Crippen molar-refractivity contribution in [3.8, 4) is 0 Å². The first kappa shape index (κ1) is 34.5. The molecule has 5 saturated carbocycles. The number of alkyl halides is 2. The molecule has 2 N–H and O–H groups in total. The third-order valence-corrected chi connectivity index (χ3v) is 13.6. The van der Waals surface area contributed by atoms with Crippen molar-refractivity contribution in [3.63, 3.8) is 0 Å². The smallest absolute Gasteiger partial charge is 0.330 e. The summed E-state index contributed by atoms with van der Waals surface area (Å²) >= 11 is 0. The Kier molecular flexibility index (Phi) is 8.43. The Bertz CT molecular complexity index is 1860. The number of carboxylic acid groups (broad SMARTS) is 1. The molecular formula is C40H48F2N8O3. The summed E-state index contributed by atoms with van der Waals surface area (Å²) in [5, 5.41) is 13.4. The number of rotatable bonds is 8. The minimum Gasteiger partial charge on any atom is -0.479 e. The Morgan fingerprint density at radius 1 is 0.925 bits per heavy atom. The molecule has 5 aliphatic carbocycles. The van der Waals surface area contributed by atoms with Crippen LogP contribution in [0.4, 0.5) is 26.4 Å². The van der Waals surface area contributed by atoms with E-state index in [2.05, 4.69) is 53.3 Å². The monoisotopic (exact) mass is 726 g/mol. The molecule has 1 saturated heterocycles. The number of amides is 1. The predicted molar refractivity (Wildman–Crippen MR) is 194 cm³/mol. The fourth-order valence-electron chi connectivity index (χ4n) is 11.3. The number of nitrogens with zero attached hydrogens (tertiary/aromatic N) is 7. The molecule has 4 bridgehead atoms. The minimum atomic E-state index is -3.46. The number of aliphatic carboxylic acids is 1. The lowest BCUT2D eigenvalue weighted by molar-refractivity contribution is -0.163. The molecule has 1 amide bonds. The molecular weight excluding hydrogens is 678 g/mol. The lowest BCUT2D eigenvalue weighted by Gasteiger charge is -2.59. The molecule has 13 heteroatoms. The summed E-state index contributed by atoms with van der Waals surface area (Å²) in [6, 6.07) is 8.33. The summed E-state index contributed by atoms with van der Waals surface area (Å²) in [5.41, 5.74) is 0.699.